The zero-order chi connectivity index (χ0) is 15.8. The monoisotopic (exact) mass is 326 g/mol. The van der Waals surface area contributed by atoms with Crippen LogP contribution in [0.4, 0.5) is 10.1 Å². The van der Waals surface area contributed by atoms with Crippen LogP contribution in [-0.4, -0.2) is 16.6 Å². The molecule has 1 aliphatic heterocycles. The predicted molar refractivity (Wildman–Crippen MR) is 94.4 cm³/mol. The molecule has 0 fully saturated rings. The van der Waals surface area contributed by atoms with Crippen molar-refractivity contribution in [2.24, 2.45) is 4.99 Å². The van der Waals surface area contributed by atoms with Crippen LogP contribution < -0.4 is 0 Å². The highest BCUT2D eigenvalue weighted by molar-refractivity contribution is 6.19. The molecule has 0 atom stereocenters. The van der Waals surface area contributed by atoms with E-state index in [4.69, 9.17) is 16.6 Å². The number of nitrogens with one attached hydrogen (secondary N) is 1. The number of benzene rings is 2. The summed E-state index contributed by atoms with van der Waals surface area (Å²) in [6.45, 7) is 0. The Morgan fingerprint density at radius 3 is 2.91 bits per heavy atom. The maximum atomic E-state index is 13.3. The van der Waals surface area contributed by atoms with Crippen molar-refractivity contribution in [3.63, 3.8) is 0 Å². The topological polar surface area (TPSA) is 28.1 Å². The lowest BCUT2D eigenvalue weighted by molar-refractivity contribution is 0.629. The smallest absolute Gasteiger partial charge is 0.125 e. The second kappa shape index (κ2) is 5.82. The molecular weight excluding hydrogens is 311 g/mol. The van der Waals surface area contributed by atoms with E-state index in [-0.39, 0.29) is 5.82 Å². The van der Waals surface area contributed by atoms with Gasteiger partial charge in [0.1, 0.15) is 5.82 Å². The quantitative estimate of drug-likeness (QED) is 0.605. The fraction of sp³-hybridized carbons (Fsp3) is 0.211. The summed E-state index contributed by atoms with van der Waals surface area (Å²) in [4.78, 5) is 7.86. The maximum Gasteiger partial charge on any atom is 0.125 e. The van der Waals surface area contributed by atoms with Gasteiger partial charge in [0.15, 0.2) is 0 Å². The second-order valence-electron chi connectivity index (χ2n) is 5.85. The fourth-order valence-corrected chi connectivity index (χ4v) is 3.41. The van der Waals surface area contributed by atoms with Crippen LogP contribution in [0.25, 0.3) is 22.0 Å². The summed E-state index contributed by atoms with van der Waals surface area (Å²) in [7, 11) is 0. The third-order valence-electron chi connectivity index (χ3n) is 4.38. The van der Waals surface area contributed by atoms with Gasteiger partial charge in [-0.05, 0) is 60.7 Å². The van der Waals surface area contributed by atoms with Crippen molar-refractivity contribution >= 4 is 33.9 Å². The Labute approximate surface area is 139 Å². The van der Waals surface area contributed by atoms with Gasteiger partial charge in [-0.1, -0.05) is 6.07 Å². The van der Waals surface area contributed by atoms with Gasteiger partial charge in [0, 0.05) is 34.3 Å². The summed E-state index contributed by atoms with van der Waals surface area (Å²) >= 11 is 5.81. The summed E-state index contributed by atoms with van der Waals surface area (Å²) in [6, 6.07) is 11.2. The largest absolute Gasteiger partial charge is 0.360 e. The van der Waals surface area contributed by atoms with Crippen LogP contribution in [0, 0.1) is 5.82 Å². The van der Waals surface area contributed by atoms with Gasteiger partial charge in [-0.3, -0.25) is 4.99 Å². The molecule has 0 unspecified atom stereocenters. The van der Waals surface area contributed by atoms with Crippen molar-refractivity contribution in [2.45, 2.75) is 19.3 Å². The zero-order valence-corrected chi connectivity index (χ0v) is 13.3. The maximum absolute atomic E-state index is 13.3. The number of fused-ring (bicyclic) bond motifs is 2. The molecule has 1 N–H and O–H groups in total. The molecule has 0 bridgehead atoms. The molecule has 0 aliphatic carbocycles. The lowest BCUT2D eigenvalue weighted by Crippen LogP contribution is -2.06. The summed E-state index contributed by atoms with van der Waals surface area (Å²) in [6.07, 6.45) is 4.77. The molecule has 2 heterocycles. The minimum absolute atomic E-state index is 0.225. The number of aromatic amines is 1. The summed E-state index contributed by atoms with van der Waals surface area (Å²) in [5, 5.41) is 1.04. The van der Waals surface area contributed by atoms with E-state index in [1.165, 1.54) is 23.4 Å². The van der Waals surface area contributed by atoms with Gasteiger partial charge >= 0.3 is 0 Å². The summed E-state index contributed by atoms with van der Waals surface area (Å²) < 4.78 is 13.3. The van der Waals surface area contributed by atoms with E-state index >= 15 is 0 Å². The molecule has 4 rings (SSSR count). The van der Waals surface area contributed by atoms with Crippen molar-refractivity contribution in [1.29, 1.82) is 0 Å². The van der Waals surface area contributed by atoms with E-state index in [9.17, 15) is 4.39 Å². The highest BCUT2D eigenvalue weighted by Crippen LogP contribution is 2.34. The number of aryl methyl sites for hydroxylation is 1. The lowest BCUT2D eigenvalue weighted by atomic mass is 9.95. The van der Waals surface area contributed by atoms with E-state index in [2.05, 4.69) is 23.2 Å². The van der Waals surface area contributed by atoms with Gasteiger partial charge in [0.05, 0.1) is 5.69 Å². The van der Waals surface area contributed by atoms with Gasteiger partial charge in [-0.25, -0.2) is 4.39 Å². The van der Waals surface area contributed by atoms with Crippen LogP contribution in [0.1, 0.15) is 18.4 Å². The molecule has 0 saturated carbocycles. The molecule has 116 valence electrons. The van der Waals surface area contributed by atoms with Crippen LogP contribution in [0.2, 0.25) is 0 Å². The van der Waals surface area contributed by atoms with E-state index in [1.54, 1.807) is 0 Å². The number of nitrogens with zero attached hydrogens (tertiary/aromatic N) is 1. The first kappa shape index (κ1) is 14.5. The number of rotatable bonds is 3. The zero-order valence-electron chi connectivity index (χ0n) is 12.6. The molecule has 1 aliphatic rings. The number of alkyl halides is 1. The first-order valence-corrected chi connectivity index (χ1v) is 8.30. The molecule has 0 radical (unpaired) electrons. The molecular formula is C19H16ClFN2. The minimum Gasteiger partial charge on any atom is -0.360 e. The summed E-state index contributed by atoms with van der Waals surface area (Å²) in [5.74, 6) is 0.399. The molecule has 0 saturated heterocycles. The van der Waals surface area contributed by atoms with Crippen LogP contribution >= 0.6 is 11.6 Å². The normalized spacial score (nSPS) is 13.9. The Balaban J connectivity index is 1.76. The van der Waals surface area contributed by atoms with Crippen molar-refractivity contribution < 1.29 is 4.39 Å². The summed E-state index contributed by atoms with van der Waals surface area (Å²) in [5.41, 5.74) is 6.54. The lowest BCUT2D eigenvalue weighted by Gasteiger charge is -2.16. The fourth-order valence-electron chi connectivity index (χ4n) is 3.19. The van der Waals surface area contributed by atoms with Gasteiger partial charge in [0.2, 0.25) is 0 Å². The minimum atomic E-state index is -0.225. The Bertz CT molecular complexity index is 911. The van der Waals surface area contributed by atoms with Crippen LogP contribution in [0.5, 0.6) is 0 Å². The molecule has 0 amide bonds. The van der Waals surface area contributed by atoms with Gasteiger partial charge < -0.3 is 4.98 Å². The van der Waals surface area contributed by atoms with E-state index < -0.39 is 0 Å². The SMILES string of the molecule is Fc1ccc2c(-c3ccc4c(c3)CCC(CCCl)=N4)c[nH]c2c1. The van der Waals surface area contributed by atoms with Gasteiger partial charge in [0.25, 0.3) is 0 Å². The second-order valence-corrected chi connectivity index (χ2v) is 6.23. The Hall–Kier alpha value is -2.13. The molecule has 0 spiro atoms. The van der Waals surface area contributed by atoms with Crippen molar-refractivity contribution in [1.82, 2.24) is 4.98 Å². The molecule has 1 aromatic heterocycles. The average molecular weight is 327 g/mol. The third-order valence-corrected chi connectivity index (χ3v) is 4.57. The highest BCUT2D eigenvalue weighted by Gasteiger charge is 2.14. The van der Waals surface area contributed by atoms with Crippen LogP contribution in [0.15, 0.2) is 47.6 Å². The average Bonchev–Trinajstić information content (AvgIpc) is 2.97. The number of hydrogen-bond donors (Lipinski definition) is 1. The highest BCUT2D eigenvalue weighted by atomic mass is 35.5. The van der Waals surface area contributed by atoms with E-state index in [0.29, 0.717) is 5.88 Å². The Morgan fingerprint density at radius 2 is 2.04 bits per heavy atom. The third kappa shape index (κ3) is 2.66. The van der Waals surface area contributed by atoms with Crippen molar-refractivity contribution in [3.05, 3.63) is 54.0 Å². The molecule has 3 aromatic rings. The number of hydrogen-bond acceptors (Lipinski definition) is 1. The standard InChI is InChI=1S/C19H16ClFN2/c20-8-7-15-4-1-13-9-12(2-6-18(13)23-15)17-11-22-19-10-14(21)3-5-16(17)19/h2-3,5-6,9-11,22H,1,4,7-8H2. The first-order valence-electron chi connectivity index (χ1n) is 7.77. The van der Waals surface area contributed by atoms with E-state index in [1.807, 2.05) is 12.3 Å². The van der Waals surface area contributed by atoms with Gasteiger partial charge in [-0.2, -0.15) is 0 Å². The van der Waals surface area contributed by atoms with Gasteiger partial charge in [-0.15, -0.1) is 11.6 Å². The molecule has 23 heavy (non-hydrogen) atoms. The number of halogens is 2. The van der Waals surface area contributed by atoms with Crippen molar-refractivity contribution in [3.8, 4) is 11.1 Å². The Morgan fingerprint density at radius 1 is 1.13 bits per heavy atom. The van der Waals surface area contributed by atoms with Crippen LogP contribution in [-0.2, 0) is 6.42 Å². The predicted octanol–water partition coefficient (Wildman–Crippen LogP) is 5.62. The molecule has 2 aromatic carbocycles. The van der Waals surface area contributed by atoms with E-state index in [0.717, 1.165) is 47.0 Å². The van der Waals surface area contributed by atoms with Crippen molar-refractivity contribution in [2.75, 3.05) is 5.88 Å². The molecule has 2 nitrogen and oxygen atoms in total. The number of aliphatic imine (C=N–C) groups is 1. The number of aromatic nitrogens is 1. The molecule has 4 heteroatoms. The first-order chi connectivity index (χ1) is 11.2. The van der Waals surface area contributed by atoms with Crippen LogP contribution in [0.3, 0.4) is 0 Å². The number of H-pyrrole nitrogens is 1. The Kier molecular flexibility index (Phi) is 3.66.